The summed E-state index contributed by atoms with van der Waals surface area (Å²) in [6.07, 6.45) is 6.12. The summed E-state index contributed by atoms with van der Waals surface area (Å²) in [5.41, 5.74) is 0.798. The van der Waals surface area contributed by atoms with Crippen molar-refractivity contribution in [2.24, 2.45) is 0 Å². The van der Waals surface area contributed by atoms with Gasteiger partial charge in [-0.15, -0.1) is 0 Å². The number of rotatable bonds is 6. The van der Waals surface area contributed by atoms with Crippen LogP contribution in [0.2, 0.25) is 0 Å². The van der Waals surface area contributed by atoms with E-state index in [0.717, 1.165) is 24.8 Å². The molecule has 0 unspecified atom stereocenters. The van der Waals surface area contributed by atoms with E-state index in [-0.39, 0.29) is 23.1 Å². The molecule has 1 aromatic carbocycles. The maximum absolute atomic E-state index is 12.4. The number of benzene rings is 1. The summed E-state index contributed by atoms with van der Waals surface area (Å²) in [6, 6.07) is 7.74. The molecule has 1 aromatic heterocycles. The molecule has 0 aliphatic heterocycles. The Kier molecular flexibility index (Phi) is 5.36. The highest BCUT2D eigenvalue weighted by molar-refractivity contribution is 5.99. The SMILES string of the molecule is CCCC[C@@H](NC(=O)c1c(O)cccc1O)c1cccnc1. The van der Waals surface area contributed by atoms with Crippen molar-refractivity contribution in [2.75, 3.05) is 0 Å². The van der Waals surface area contributed by atoms with E-state index in [1.807, 2.05) is 12.1 Å². The van der Waals surface area contributed by atoms with Crippen LogP contribution in [0, 0.1) is 0 Å². The van der Waals surface area contributed by atoms with E-state index < -0.39 is 5.91 Å². The fraction of sp³-hybridized carbons (Fsp3) is 0.294. The average molecular weight is 300 g/mol. The number of amides is 1. The van der Waals surface area contributed by atoms with Crippen LogP contribution in [0.4, 0.5) is 0 Å². The van der Waals surface area contributed by atoms with E-state index in [0.29, 0.717) is 0 Å². The number of nitrogens with zero attached hydrogens (tertiary/aromatic N) is 1. The van der Waals surface area contributed by atoms with Crippen molar-refractivity contribution in [2.45, 2.75) is 32.2 Å². The first-order valence-corrected chi connectivity index (χ1v) is 7.35. The number of pyridine rings is 1. The van der Waals surface area contributed by atoms with Crippen molar-refractivity contribution in [3.05, 3.63) is 53.9 Å². The normalized spacial score (nSPS) is 11.9. The van der Waals surface area contributed by atoms with Crippen LogP contribution in [0.25, 0.3) is 0 Å². The summed E-state index contributed by atoms with van der Waals surface area (Å²) in [7, 11) is 0. The van der Waals surface area contributed by atoms with Gasteiger partial charge in [-0.2, -0.15) is 0 Å². The molecule has 116 valence electrons. The Balaban J connectivity index is 2.21. The molecular formula is C17H20N2O3. The van der Waals surface area contributed by atoms with Gasteiger partial charge in [-0.3, -0.25) is 9.78 Å². The van der Waals surface area contributed by atoms with Gasteiger partial charge in [-0.1, -0.05) is 31.9 Å². The molecule has 0 fully saturated rings. The zero-order valence-corrected chi connectivity index (χ0v) is 12.5. The number of carbonyl (C=O) groups is 1. The Labute approximate surface area is 129 Å². The minimum atomic E-state index is -0.499. The highest BCUT2D eigenvalue weighted by atomic mass is 16.3. The predicted octanol–water partition coefficient (Wildman–Crippen LogP) is 3.15. The second kappa shape index (κ2) is 7.45. The number of hydrogen-bond acceptors (Lipinski definition) is 4. The van der Waals surface area contributed by atoms with Crippen molar-refractivity contribution in [1.29, 1.82) is 0 Å². The van der Waals surface area contributed by atoms with Gasteiger partial charge in [-0.25, -0.2) is 0 Å². The lowest BCUT2D eigenvalue weighted by Crippen LogP contribution is -2.28. The Bertz CT molecular complexity index is 609. The van der Waals surface area contributed by atoms with Crippen molar-refractivity contribution in [3.8, 4) is 11.5 Å². The highest BCUT2D eigenvalue weighted by Crippen LogP contribution is 2.27. The number of nitrogens with one attached hydrogen (secondary N) is 1. The molecule has 0 saturated heterocycles. The molecule has 0 saturated carbocycles. The summed E-state index contributed by atoms with van der Waals surface area (Å²) >= 11 is 0. The number of carbonyl (C=O) groups excluding carboxylic acids is 1. The van der Waals surface area contributed by atoms with Gasteiger partial charge < -0.3 is 15.5 Å². The maximum atomic E-state index is 12.4. The first-order valence-electron chi connectivity index (χ1n) is 7.35. The Morgan fingerprint density at radius 1 is 1.23 bits per heavy atom. The lowest BCUT2D eigenvalue weighted by molar-refractivity contribution is 0.0928. The van der Waals surface area contributed by atoms with Gasteiger partial charge in [0.05, 0.1) is 6.04 Å². The van der Waals surface area contributed by atoms with Gasteiger partial charge in [-0.05, 0) is 30.2 Å². The topological polar surface area (TPSA) is 82.5 Å². The molecule has 0 radical (unpaired) electrons. The summed E-state index contributed by atoms with van der Waals surface area (Å²) in [5, 5.41) is 22.4. The van der Waals surface area contributed by atoms with E-state index >= 15 is 0 Å². The van der Waals surface area contributed by atoms with Crippen LogP contribution in [-0.2, 0) is 0 Å². The fourth-order valence-electron chi connectivity index (χ4n) is 2.30. The number of unbranched alkanes of at least 4 members (excludes halogenated alkanes) is 1. The minimum Gasteiger partial charge on any atom is -0.507 e. The first kappa shape index (κ1) is 15.8. The van der Waals surface area contributed by atoms with Crippen molar-refractivity contribution < 1.29 is 15.0 Å². The van der Waals surface area contributed by atoms with Gasteiger partial charge in [0.25, 0.3) is 5.91 Å². The Hall–Kier alpha value is -2.56. The third-order valence-electron chi connectivity index (χ3n) is 3.49. The molecule has 0 spiro atoms. The van der Waals surface area contributed by atoms with Crippen LogP contribution in [0.3, 0.4) is 0 Å². The van der Waals surface area contributed by atoms with Crippen LogP contribution in [0.1, 0.15) is 48.1 Å². The highest BCUT2D eigenvalue weighted by Gasteiger charge is 2.20. The minimum absolute atomic E-state index is 0.104. The molecule has 2 rings (SSSR count). The van der Waals surface area contributed by atoms with Crippen LogP contribution in [0.5, 0.6) is 11.5 Å². The summed E-state index contributed by atoms with van der Waals surface area (Å²) in [4.78, 5) is 16.5. The Morgan fingerprint density at radius 3 is 2.55 bits per heavy atom. The summed E-state index contributed by atoms with van der Waals surface area (Å²) in [6.45, 7) is 2.08. The molecule has 0 aliphatic rings. The zero-order valence-electron chi connectivity index (χ0n) is 12.5. The number of aromatic nitrogens is 1. The number of aromatic hydroxyl groups is 2. The molecule has 5 nitrogen and oxygen atoms in total. The fourth-order valence-corrected chi connectivity index (χ4v) is 2.30. The van der Waals surface area contributed by atoms with Gasteiger partial charge in [0, 0.05) is 12.4 Å². The number of hydrogen-bond donors (Lipinski definition) is 3. The molecule has 0 bridgehead atoms. The molecular weight excluding hydrogens is 280 g/mol. The van der Waals surface area contributed by atoms with Gasteiger partial charge in [0.1, 0.15) is 17.1 Å². The third-order valence-corrected chi connectivity index (χ3v) is 3.49. The van der Waals surface area contributed by atoms with Crippen LogP contribution in [0.15, 0.2) is 42.7 Å². The van der Waals surface area contributed by atoms with E-state index in [9.17, 15) is 15.0 Å². The largest absolute Gasteiger partial charge is 0.507 e. The van der Waals surface area contributed by atoms with E-state index in [2.05, 4.69) is 17.2 Å². The lowest BCUT2D eigenvalue weighted by Gasteiger charge is -2.19. The molecule has 1 heterocycles. The third kappa shape index (κ3) is 3.75. The van der Waals surface area contributed by atoms with Crippen molar-refractivity contribution in [3.63, 3.8) is 0 Å². The Morgan fingerprint density at radius 2 is 1.95 bits per heavy atom. The maximum Gasteiger partial charge on any atom is 0.259 e. The van der Waals surface area contributed by atoms with Crippen LogP contribution in [-0.4, -0.2) is 21.1 Å². The van der Waals surface area contributed by atoms with Gasteiger partial charge in [0.2, 0.25) is 0 Å². The predicted molar refractivity (Wildman–Crippen MR) is 83.7 cm³/mol. The standard InChI is InChI=1S/C17H20N2O3/c1-2-3-7-13(12-6-5-10-18-11-12)19-17(22)16-14(20)8-4-9-15(16)21/h4-6,8-11,13,20-21H,2-3,7H2,1H3,(H,19,22)/t13-/m1/s1. The van der Waals surface area contributed by atoms with E-state index in [1.54, 1.807) is 12.4 Å². The van der Waals surface area contributed by atoms with E-state index in [1.165, 1.54) is 18.2 Å². The quantitative estimate of drug-likeness (QED) is 0.765. The van der Waals surface area contributed by atoms with Gasteiger partial charge >= 0.3 is 0 Å². The summed E-state index contributed by atoms with van der Waals surface area (Å²) in [5.74, 6) is -0.976. The van der Waals surface area contributed by atoms with Crippen molar-refractivity contribution in [1.82, 2.24) is 10.3 Å². The van der Waals surface area contributed by atoms with E-state index in [4.69, 9.17) is 0 Å². The molecule has 5 heteroatoms. The van der Waals surface area contributed by atoms with Crippen molar-refractivity contribution >= 4 is 5.91 Å². The first-order chi connectivity index (χ1) is 10.6. The smallest absolute Gasteiger partial charge is 0.259 e. The summed E-state index contributed by atoms with van der Waals surface area (Å²) < 4.78 is 0. The number of phenolic OH excluding ortho intramolecular Hbond substituents is 2. The van der Waals surface area contributed by atoms with Crippen LogP contribution < -0.4 is 5.32 Å². The lowest BCUT2D eigenvalue weighted by atomic mass is 10.0. The molecule has 0 aliphatic carbocycles. The monoisotopic (exact) mass is 300 g/mol. The van der Waals surface area contributed by atoms with Gasteiger partial charge in [0.15, 0.2) is 0 Å². The second-order valence-corrected chi connectivity index (χ2v) is 5.13. The van der Waals surface area contributed by atoms with Crippen LogP contribution >= 0.6 is 0 Å². The molecule has 3 N–H and O–H groups in total. The molecule has 1 atom stereocenters. The zero-order chi connectivity index (χ0) is 15.9. The molecule has 1 amide bonds. The molecule has 22 heavy (non-hydrogen) atoms. The second-order valence-electron chi connectivity index (χ2n) is 5.13. The number of phenols is 2. The average Bonchev–Trinajstić information content (AvgIpc) is 2.52. The molecule has 2 aromatic rings.